The maximum atomic E-state index is 13.3. The summed E-state index contributed by atoms with van der Waals surface area (Å²) < 4.78 is 19.0. The van der Waals surface area contributed by atoms with Crippen LogP contribution in [0.3, 0.4) is 0 Å². The fourth-order valence-electron chi connectivity index (χ4n) is 4.32. The average molecular weight is 498 g/mol. The Hall–Kier alpha value is -4.66. The summed E-state index contributed by atoms with van der Waals surface area (Å²) in [5.74, 6) is 1.10. The van der Waals surface area contributed by atoms with Crippen molar-refractivity contribution in [3.05, 3.63) is 106 Å². The summed E-state index contributed by atoms with van der Waals surface area (Å²) in [4.78, 5) is 13.3. The predicted molar refractivity (Wildman–Crippen MR) is 137 cm³/mol. The van der Waals surface area contributed by atoms with Gasteiger partial charge < -0.3 is 19.5 Å². The molecule has 1 aliphatic rings. The Balaban J connectivity index is 1.43. The van der Waals surface area contributed by atoms with Crippen molar-refractivity contribution >= 4 is 11.9 Å². The van der Waals surface area contributed by atoms with Crippen molar-refractivity contribution in [2.24, 2.45) is 0 Å². The van der Waals surface area contributed by atoms with E-state index in [1.165, 1.54) is 5.56 Å². The van der Waals surface area contributed by atoms with E-state index >= 15 is 0 Å². The molecule has 4 aromatic rings. The lowest BCUT2D eigenvalue weighted by Crippen LogP contribution is -2.29. The third kappa shape index (κ3) is 5.16. The van der Waals surface area contributed by atoms with Crippen LogP contribution in [0.15, 0.2) is 84.1 Å². The standard InChI is InChI=1S/C28H27N5O4/c1-18-8-7-11-21(14-18)17-36-23-13-12-22(15-24(23)35-3)26-25(19(2)29-28-30-31-32-33(26)28)27(34)37-16-20-9-5-4-6-10-20/h4-15,26H,16-17H2,1-3H3,(H,29,30,32). The number of aryl methyl sites for hydroxylation is 1. The number of fused-ring (bicyclic) bond motifs is 1. The van der Waals surface area contributed by atoms with E-state index in [9.17, 15) is 4.79 Å². The summed E-state index contributed by atoms with van der Waals surface area (Å²) in [6, 6.07) is 22.6. The van der Waals surface area contributed by atoms with Crippen molar-refractivity contribution in [2.75, 3.05) is 12.4 Å². The maximum absolute atomic E-state index is 13.3. The molecule has 5 rings (SSSR count). The van der Waals surface area contributed by atoms with Crippen molar-refractivity contribution in [3.63, 3.8) is 0 Å². The molecule has 0 fully saturated rings. The molecule has 1 aliphatic heterocycles. The van der Waals surface area contributed by atoms with Crippen molar-refractivity contribution in [1.82, 2.24) is 20.2 Å². The number of carbonyl (C=O) groups excluding carboxylic acids is 1. The van der Waals surface area contributed by atoms with E-state index in [1.54, 1.807) is 18.7 Å². The summed E-state index contributed by atoms with van der Waals surface area (Å²) in [5.41, 5.74) is 4.90. The minimum absolute atomic E-state index is 0.153. The van der Waals surface area contributed by atoms with Gasteiger partial charge in [0.1, 0.15) is 19.3 Å². The van der Waals surface area contributed by atoms with Crippen molar-refractivity contribution in [2.45, 2.75) is 33.1 Å². The van der Waals surface area contributed by atoms with E-state index in [0.29, 0.717) is 35.3 Å². The fourth-order valence-corrected chi connectivity index (χ4v) is 4.32. The molecule has 9 nitrogen and oxygen atoms in total. The zero-order valence-electron chi connectivity index (χ0n) is 20.8. The summed E-state index contributed by atoms with van der Waals surface area (Å²) in [5, 5.41) is 15.1. The summed E-state index contributed by atoms with van der Waals surface area (Å²) >= 11 is 0. The quantitative estimate of drug-likeness (QED) is 0.353. The van der Waals surface area contributed by atoms with Crippen LogP contribution in [0.5, 0.6) is 11.5 Å². The lowest BCUT2D eigenvalue weighted by Gasteiger charge is -2.28. The first-order valence-electron chi connectivity index (χ1n) is 11.9. The maximum Gasteiger partial charge on any atom is 0.338 e. The Kier molecular flexibility index (Phi) is 6.85. The zero-order chi connectivity index (χ0) is 25.8. The fraction of sp³-hybridized carbons (Fsp3) is 0.214. The van der Waals surface area contributed by atoms with E-state index in [-0.39, 0.29) is 6.61 Å². The molecule has 0 bridgehead atoms. The Morgan fingerprint density at radius 1 is 0.946 bits per heavy atom. The van der Waals surface area contributed by atoms with Gasteiger partial charge in [-0.2, -0.15) is 4.68 Å². The highest BCUT2D eigenvalue weighted by Crippen LogP contribution is 2.39. The largest absolute Gasteiger partial charge is 0.493 e. The Bertz CT molecular complexity index is 1450. The number of hydrogen-bond donors (Lipinski definition) is 1. The minimum atomic E-state index is -0.616. The third-order valence-electron chi connectivity index (χ3n) is 6.13. The molecular formula is C28H27N5O4. The molecule has 0 aliphatic carbocycles. The van der Waals surface area contributed by atoms with Gasteiger partial charge in [-0.05, 0) is 53.1 Å². The molecule has 9 heteroatoms. The molecule has 1 aromatic heterocycles. The first-order valence-corrected chi connectivity index (χ1v) is 11.9. The molecule has 3 aromatic carbocycles. The number of rotatable bonds is 8. The number of nitrogens with zero attached hydrogens (tertiary/aromatic N) is 4. The van der Waals surface area contributed by atoms with Crippen LogP contribution >= 0.6 is 0 Å². The molecule has 0 saturated carbocycles. The minimum Gasteiger partial charge on any atom is -0.493 e. The lowest BCUT2D eigenvalue weighted by molar-refractivity contribution is -0.140. The van der Waals surface area contributed by atoms with Gasteiger partial charge >= 0.3 is 5.97 Å². The van der Waals surface area contributed by atoms with Crippen molar-refractivity contribution < 1.29 is 19.0 Å². The molecular weight excluding hydrogens is 470 g/mol. The number of aromatic nitrogens is 4. The molecule has 188 valence electrons. The van der Waals surface area contributed by atoms with Gasteiger partial charge in [0.15, 0.2) is 11.5 Å². The van der Waals surface area contributed by atoms with Crippen LogP contribution in [-0.4, -0.2) is 33.3 Å². The lowest BCUT2D eigenvalue weighted by atomic mass is 9.95. The number of anilines is 1. The molecule has 1 atom stereocenters. The van der Waals surface area contributed by atoms with Gasteiger partial charge in [-0.1, -0.05) is 71.3 Å². The van der Waals surface area contributed by atoms with E-state index in [0.717, 1.165) is 16.7 Å². The normalized spacial score (nSPS) is 14.5. The van der Waals surface area contributed by atoms with E-state index in [4.69, 9.17) is 14.2 Å². The molecule has 0 radical (unpaired) electrons. The summed E-state index contributed by atoms with van der Waals surface area (Å²) in [7, 11) is 1.58. The zero-order valence-corrected chi connectivity index (χ0v) is 20.8. The van der Waals surface area contributed by atoms with Crippen LogP contribution in [0.25, 0.3) is 0 Å². The molecule has 0 spiro atoms. The SMILES string of the molecule is COc1cc(C2C(C(=O)OCc3ccccc3)=C(C)Nc3nnnn32)ccc1OCc1cccc(C)c1. The molecule has 37 heavy (non-hydrogen) atoms. The van der Waals surface area contributed by atoms with Gasteiger partial charge in [-0.3, -0.25) is 0 Å². The molecule has 2 heterocycles. The number of esters is 1. The summed E-state index contributed by atoms with van der Waals surface area (Å²) in [6.45, 7) is 4.41. The molecule has 0 amide bonds. The number of tetrazole rings is 1. The first-order chi connectivity index (χ1) is 18.0. The molecule has 1 N–H and O–H groups in total. The summed E-state index contributed by atoms with van der Waals surface area (Å²) in [6.07, 6.45) is 0. The average Bonchev–Trinajstić information content (AvgIpc) is 3.38. The first kappa shape index (κ1) is 24.1. The van der Waals surface area contributed by atoms with Crippen molar-refractivity contribution in [1.29, 1.82) is 0 Å². The second-order valence-corrected chi connectivity index (χ2v) is 8.76. The second-order valence-electron chi connectivity index (χ2n) is 8.76. The van der Waals surface area contributed by atoms with Gasteiger partial charge in [-0.25, -0.2) is 4.79 Å². The Morgan fingerprint density at radius 2 is 1.76 bits per heavy atom. The number of benzene rings is 3. The van der Waals surface area contributed by atoms with Gasteiger partial charge in [0.25, 0.3) is 0 Å². The van der Waals surface area contributed by atoms with Crippen LogP contribution in [0, 0.1) is 6.92 Å². The number of nitrogens with one attached hydrogen (secondary N) is 1. The number of hydrogen-bond acceptors (Lipinski definition) is 8. The van der Waals surface area contributed by atoms with Crippen LogP contribution in [0.2, 0.25) is 0 Å². The Morgan fingerprint density at radius 3 is 2.54 bits per heavy atom. The second kappa shape index (κ2) is 10.5. The van der Waals surface area contributed by atoms with E-state index in [1.807, 2.05) is 73.7 Å². The highest BCUT2D eigenvalue weighted by atomic mass is 16.5. The van der Waals surface area contributed by atoms with E-state index in [2.05, 4.69) is 26.9 Å². The highest BCUT2D eigenvalue weighted by molar-refractivity contribution is 5.92. The molecule has 1 unspecified atom stereocenters. The van der Waals surface area contributed by atoms with Crippen LogP contribution in [0.4, 0.5) is 5.95 Å². The monoisotopic (exact) mass is 497 g/mol. The molecule has 0 saturated heterocycles. The number of ether oxygens (including phenoxy) is 3. The predicted octanol–water partition coefficient (Wildman–Crippen LogP) is 4.60. The smallest absolute Gasteiger partial charge is 0.338 e. The van der Waals surface area contributed by atoms with Crippen LogP contribution in [-0.2, 0) is 22.7 Å². The van der Waals surface area contributed by atoms with Gasteiger partial charge in [0.05, 0.1) is 12.7 Å². The highest BCUT2D eigenvalue weighted by Gasteiger charge is 2.35. The third-order valence-corrected chi connectivity index (χ3v) is 6.13. The topological polar surface area (TPSA) is 100 Å². The van der Waals surface area contributed by atoms with E-state index < -0.39 is 12.0 Å². The van der Waals surface area contributed by atoms with Crippen LogP contribution < -0.4 is 14.8 Å². The number of allylic oxidation sites excluding steroid dienone is 1. The van der Waals surface area contributed by atoms with Gasteiger partial charge in [-0.15, -0.1) is 0 Å². The number of carbonyl (C=O) groups is 1. The number of methoxy groups -OCH3 is 1. The van der Waals surface area contributed by atoms with Crippen molar-refractivity contribution in [3.8, 4) is 11.5 Å². The Labute approximate surface area is 214 Å². The van der Waals surface area contributed by atoms with Gasteiger partial charge in [0, 0.05) is 5.70 Å². The van der Waals surface area contributed by atoms with Gasteiger partial charge in [0.2, 0.25) is 5.95 Å². The van der Waals surface area contributed by atoms with Crippen LogP contribution in [0.1, 0.15) is 35.2 Å².